The van der Waals surface area contributed by atoms with Gasteiger partial charge in [-0.25, -0.2) is 0 Å². The number of benzene rings is 1. The van der Waals surface area contributed by atoms with Gasteiger partial charge in [-0.2, -0.15) is 8.78 Å². The highest BCUT2D eigenvalue weighted by Crippen LogP contribution is 2.33. The first-order valence-corrected chi connectivity index (χ1v) is 10.9. The molecule has 0 spiro atoms. The molecule has 0 aromatic heterocycles. The Labute approximate surface area is 181 Å². The molecule has 3 rings (SSSR count). The molecule has 1 N–H and O–H groups in total. The predicted octanol–water partition coefficient (Wildman–Crippen LogP) is 3.43. The Hall–Kier alpha value is -1.97. The van der Waals surface area contributed by atoms with Crippen molar-refractivity contribution < 1.29 is 32.9 Å². The summed E-state index contributed by atoms with van der Waals surface area (Å²) in [4.78, 5) is 7.38. The van der Waals surface area contributed by atoms with E-state index in [0.29, 0.717) is 12.1 Å². The van der Waals surface area contributed by atoms with E-state index < -0.39 is 12.7 Å². The van der Waals surface area contributed by atoms with Crippen LogP contribution in [-0.4, -0.2) is 73.5 Å². The SMILES string of the molecule is CC1CN(CC(O)CO/N=C/c2ccc(OC(F)F)c(OC3CCCC3)c2)CC(C)O1. The van der Waals surface area contributed by atoms with Gasteiger partial charge in [0.1, 0.15) is 12.7 Å². The molecular weight excluding hydrogens is 410 g/mol. The Morgan fingerprint density at radius 3 is 2.58 bits per heavy atom. The van der Waals surface area contributed by atoms with Crippen molar-refractivity contribution in [1.29, 1.82) is 0 Å². The van der Waals surface area contributed by atoms with E-state index in [1.807, 2.05) is 13.8 Å². The standard InChI is InChI=1S/C22H32F2N2O5/c1-15-11-26(12-16(2)29-15)13-18(27)14-28-25-10-17-7-8-20(31-22(23)24)21(9-17)30-19-5-3-4-6-19/h7-10,15-16,18-19,22,27H,3-6,11-14H2,1-2H3/b25-10+. The van der Waals surface area contributed by atoms with Gasteiger partial charge in [0.15, 0.2) is 11.5 Å². The molecular formula is C22H32F2N2O5. The summed E-state index contributed by atoms with van der Waals surface area (Å²) >= 11 is 0. The van der Waals surface area contributed by atoms with Crippen LogP contribution in [0, 0.1) is 0 Å². The first kappa shape index (κ1) is 23.7. The largest absolute Gasteiger partial charge is 0.487 e. The van der Waals surface area contributed by atoms with Gasteiger partial charge < -0.3 is 24.2 Å². The highest BCUT2D eigenvalue weighted by Gasteiger charge is 2.24. The predicted molar refractivity (Wildman–Crippen MR) is 112 cm³/mol. The number of ether oxygens (including phenoxy) is 3. The number of hydrogen-bond acceptors (Lipinski definition) is 7. The third-order valence-corrected chi connectivity index (χ3v) is 5.29. The lowest BCUT2D eigenvalue weighted by Gasteiger charge is -2.36. The van der Waals surface area contributed by atoms with Crippen molar-refractivity contribution in [2.75, 3.05) is 26.2 Å². The number of aliphatic hydroxyl groups is 1. The monoisotopic (exact) mass is 442 g/mol. The van der Waals surface area contributed by atoms with E-state index in [1.54, 1.807) is 12.1 Å². The minimum absolute atomic E-state index is 0.00392. The zero-order valence-electron chi connectivity index (χ0n) is 18.1. The topological polar surface area (TPSA) is 72.8 Å². The lowest BCUT2D eigenvalue weighted by molar-refractivity contribution is -0.0818. The van der Waals surface area contributed by atoms with Crippen molar-refractivity contribution in [2.24, 2.45) is 5.16 Å². The van der Waals surface area contributed by atoms with Crippen molar-refractivity contribution in [3.05, 3.63) is 23.8 Å². The number of alkyl halides is 2. The molecule has 1 aliphatic carbocycles. The summed E-state index contributed by atoms with van der Waals surface area (Å²) < 4.78 is 41.5. The van der Waals surface area contributed by atoms with Gasteiger partial charge in [-0.3, -0.25) is 4.90 Å². The highest BCUT2D eigenvalue weighted by molar-refractivity contribution is 5.80. The maximum Gasteiger partial charge on any atom is 0.387 e. The van der Waals surface area contributed by atoms with Gasteiger partial charge >= 0.3 is 6.61 Å². The van der Waals surface area contributed by atoms with Crippen LogP contribution < -0.4 is 9.47 Å². The molecule has 2 fully saturated rings. The normalized spacial score (nSPS) is 24.1. The van der Waals surface area contributed by atoms with E-state index >= 15 is 0 Å². The average molecular weight is 443 g/mol. The maximum atomic E-state index is 12.7. The molecule has 31 heavy (non-hydrogen) atoms. The Kier molecular flexibility index (Phi) is 8.86. The van der Waals surface area contributed by atoms with Gasteiger partial charge in [0.05, 0.1) is 24.5 Å². The lowest BCUT2D eigenvalue weighted by atomic mass is 10.2. The molecule has 2 aliphatic rings. The van der Waals surface area contributed by atoms with Crippen LogP contribution in [0.2, 0.25) is 0 Å². The van der Waals surface area contributed by atoms with Crippen LogP contribution in [-0.2, 0) is 9.57 Å². The van der Waals surface area contributed by atoms with Crippen molar-refractivity contribution in [1.82, 2.24) is 4.90 Å². The zero-order chi connectivity index (χ0) is 22.2. The molecule has 7 nitrogen and oxygen atoms in total. The molecule has 1 aliphatic heterocycles. The summed E-state index contributed by atoms with van der Waals surface area (Å²) in [5.74, 6) is 0.274. The van der Waals surface area contributed by atoms with Crippen LogP contribution in [0.15, 0.2) is 23.4 Å². The van der Waals surface area contributed by atoms with E-state index in [1.165, 1.54) is 12.3 Å². The summed E-state index contributed by atoms with van der Waals surface area (Å²) in [5, 5.41) is 14.1. The van der Waals surface area contributed by atoms with Crippen LogP contribution in [0.5, 0.6) is 11.5 Å². The number of oxime groups is 1. The fourth-order valence-corrected chi connectivity index (χ4v) is 4.09. The first-order valence-electron chi connectivity index (χ1n) is 10.9. The number of morpholine rings is 1. The number of aliphatic hydroxyl groups excluding tert-OH is 1. The second-order valence-corrected chi connectivity index (χ2v) is 8.27. The summed E-state index contributed by atoms with van der Waals surface area (Å²) in [6.07, 6.45) is 4.97. The highest BCUT2D eigenvalue weighted by atomic mass is 19.3. The maximum absolute atomic E-state index is 12.7. The van der Waals surface area contributed by atoms with Crippen molar-refractivity contribution in [3.63, 3.8) is 0 Å². The van der Waals surface area contributed by atoms with Gasteiger partial charge in [-0.05, 0) is 57.7 Å². The van der Waals surface area contributed by atoms with Gasteiger partial charge in [-0.1, -0.05) is 5.16 Å². The van der Waals surface area contributed by atoms with E-state index in [-0.39, 0.29) is 36.4 Å². The number of nitrogens with zero attached hydrogens (tertiary/aromatic N) is 2. The van der Waals surface area contributed by atoms with Crippen LogP contribution >= 0.6 is 0 Å². The van der Waals surface area contributed by atoms with Crippen molar-refractivity contribution in [2.45, 2.75) is 70.6 Å². The Morgan fingerprint density at radius 2 is 1.90 bits per heavy atom. The molecule has 1 aromatic carbocycles. The molecule has 174 valence electrons. The molecule has 0 bridgehead atoms. The molecule has 3 atom stereocenters. The molecule has 9 heteroatoms. The summed E-state index contributed by atoms with van der Waals surface area (Å²) in [6.45, 7) is 3.16. The summed E-state index contributed by atoms with van der Waals surface area (Å²) in [7, 11) is 0. The molecule has 3 unspecified atom stereocenters. The number of halogens is 2. The van der Waals surface area contributed by atoms with Gasteiger partial charge in [0.2, 0.25) is 0 Å². The van der Waals surface area contributed by atoms with Crippen molar-refractivity contribution in [3.8, 4) is 11.5 Å². The smallest absolute Gasteiger partial charge is 0.387 e. The minimum Gasteiger partial charge on any atom is -0.487 e. The molecule has 1 heterocycles. The second kappa shape index (κ2) is 11.6. The average Bonchev–Trinajstić information content (AvgIpc) is 3.19. The van der Waals surface area contributed by atoms with Gasteiger partial charge in [-0.15, -0.1) is 0 Å². The first-order chi connectivity index (χ1) is 14.9. The molecule has 1 saturated carbocycles. The van der Waals surface area contributed by atoms with E-state index in [4.69, 9.17) is 14.3 Å². The van der Waals surface area contributed by atoms with Crippen LogP contribution in [0.1, 0.15) is 45.1 Å². The number of hydrogen-bond donors (Lipinski definition) is 1. The Balaban J connectivity index is 1.51. The number of β-amino-alcohol motifs (C(OH)–C–C–N with tert-alkyl or cyclic N) is 1. The lowest BCUT2D eigenvalue weighted by Crippen LogP contribution is -2.48. The van der Waals surface area contributed by atoms with E-state index in [2.05, 4.69) is 14.8 Å². The van der Waals surface area contributed by atoms with Crippen LogP contribution in [0.3, 0.4) is 0 Å². The van der Waals surface area contributed by atoms with Gasteiger partial charge in [0.25, 0.3) is 0 Å². The molecule has 0 amide bonds. The Morgan fingerprint density at radius 1 is 1.19 bits per heavy atom. The number of rotatable bonds is 10. The summed E-state index contributed by atoms with van der Waals surface area (Å²) in [6, 6.07) is 4.64. The Bertz CT molecular complexity index is 705. The third kappa shape index (κ3) is 7.90. The third-order valence-electron chi connectivity index (χ3n) is 5.29. The quantitative estimate of drug-likeness (QED) is 0.442. The second-order valence-electron chi connectivity index (χ2n) is 8.27. The molecule has 0 radical (unpaired) electrons. The molecule has 1 aromatic rings. The van der Waals surface area contributed by atoms with Crippen LogP contribution in [0.4, 0.5) is 8.78 Å². The van der Waals surface area contributed by atoms with Crippen LogP contribution in [0.25, 0.3) is 0 Å². The minimum atomic E-state index is -2.92. The van der Waals surface area contributed by atoms with Gasteiger partial charge in [0, 0.05) is 25.2 Å². The summed E-state index contributed by atoms with van der Waals surface area (Å²) in [5.41, 5.74) is 0.625. The van der Waals surface area contributed by atoms with Crippen molar-refractivity contribution >= 4 is 6.21 Å². The van der Waals surface area contributed by atoms with E-state index in [9.17, 15) is 13.9 Å². The fourth-order valence-electron chi connectivity index (χ4n) is 4.09. The zero-order valence-corrected chi connectivity index (χ0v) is 18.1. The van der Waals surface area contributed by atoms with E-state index in [0.717, 1.165) is 38.8 Å². The molecule has 1 saturated heterocycles. The fraction of sp³-hybridized carbons (Fsp3) is 0.682.